The summed E-state index contributed by atoms with van der Waals surface area (Å²) >= 11 is 0. The van der Waals surface area contributed by atoms with E-state index >= 15 is 0 Å². The van der Waals surface area contributed by atoms with Crippen LogP contribution < -0.4 is 9.46 Å². The number of nitrogens with one attached hydrogen (secondary N) is 1. The fourth-order valence-electron chi connectivity index (χ4n) is 1.72. The third-order valence-electron chi connectivity index (χ3n) is 2.58. The summed E-state index contributed by atoms with van der Waals surface area (Å²) in [6.07, 6.45) is 0. The first-order valence-corrected chi connectivity index (χ1v) is 7.61. The van der Waals surface area contributed by atoms with Gasteiger partial charge in [-0.2, -0.15) is 0 Å². The molecule has 0 aliphatic heterocycles. The molecule has 7 heteroatoms. The zero-order valence-corrected chi connectivity index (χ0v) is 12.0. The van der Waals surface area contributed by atoms with Crippen LogP contribution in [0.25, 0.3) is 0 Å². The Labute approximate surface area is 121 Å². The molecule has 0 fully saturated rings. The van der Waals surface area contributed by atoms with E-state index in [1.165, 1.54) is 6.07 Å². The van der Waals surface area contributed by atoms with Crippen LogP contribution in [-0.2, 0) is 10.0 Å². The molecule has 0 amide bonds. The SMILES string of the molecule is CCOc1ccccc1NS(=O)(=O)c1cc(F)cc(F)c1. The summed E-state index contributed by atoms with van der Waals surface area (Å²) in [5.74, 6) is -1.60. The van der Waals surface area contributed by atoms with E-state index in [0.29, 0.717) is 18.4 Å². The van der Waals surface area contributed by atoms with Gasteiger partial charge in [-0.15, -0.1) is 0 Å². The number of rotatable bonds is 5. The zero-order valence-electron chi connectivity index (χ0n) is 11.1. The average Bonchev–Trinajstić information content (AvgIpc) is 2.40. The lowest BCUT2D eigenvalue weighted by Gasteiger charge is -2.12. The summed E-state index contributed by atoms with van der Waals surface area (Å²) in [6.45, 7) is 2.11. The van der Waals surface area contributed by atoms with Gasteiger partial charge in [-0.25, -0.2) is 17.2 Å². The van der Waals surface area contributed by atoms with Crippen molar-refractivity contribution >= 4 is 15.7 Å². The Morgan fingerprint density at radius 3 is 2.33 bits per heavy atom. The second kappa shape index (κ2) is 6.09. The van der Waals surface area contributed by atoms with Gasteiger partial charge < -0.3 is 4.74 Å². The minimum Gasteiger partial charge on any atom is -0.492 e. The molecule has 0 aliphatic rings. The minimum absolute atomic E-state index is 0.198. The van der Waals surface area contributed by atoms with Gasteiger partial charge in [0.25, 0.3) is 10.0 Å². The fraction of sp³-hybridized carbons (Fsp3) is 0.143. The van der Waals surface area contributed by atoms with Gasteiger partial charge in [0.15, 0.2) is 0 Å². The maximum atomic E-state index is 13.1. The number of ether oxygens (including phenoxy) is 1. The van der Waals surface area contributed by atoms with Gasteiger partial charge in [-0.3, -0.25) is 4.72 Å². The average molecular weight is 313 g/mol. The molecule has 0 spiro atoms. The number of sulfonamides is 1. The molecule has 0 saturated heterocycles. The molecule has 2 aromatic rings. The van der Waals surface area contributed by atoms with Gasteiger partial charge in [0.2, 0.25) is 0 Å². The van der Waals surface area contributed by atoms with E-state index in [1.807, 2.05) is 0 Å². The first kappa shape index (κ1) is 15.2. The third-order valence-corrected chi connectivity index (χ3v) is 3.92. The lowest BCUT2D eigenvalue weighted by molar-refractivity contribution is 0.342. The van der Waals surface area contributed by atoms with Crippen LogP contribution >= 0.6 is 0 Å². The van der Waals surface area contributed by atoms with Crippen LogP contribution in [0.4, 0.5) is 14.5 Å². The first-order valence-electron chi connectivity index (χ1n) is 6.13. The van der Waals surface area contributed by atoms with E-state index in [4.69, 9.17) is 4.74 Å². The summed E-state index contributed by atoms with van der Waals surface area (Å²) in [4.78, 5) is -0.494. The molecule has 0 aromatic heterocycles. The molecule has 21 heavy (non-hydrogen) atoms. The van der Waals surface area contributed by atoms with Crippen molar-refractivity contribution in [1.29, 1.82) is 0 Å². The second-order valence-corrected chi connectivity index (χ2v) is 5.82. The summed E-state index contributed by atoms with van der Waals surface area (Å²) in [7, 11) is -4.11. The molecule has 0 bridgehead atoms. The molecular weight excluding hydrogens is 300 g/mol. The lowest BCUT2D eigenvalue weighted by atomic mass is 10.3. The van der Waals surface area contributed by atoms with E-state index < -0.39 is 26.6 Å². The molecule has 0 radical (unpaired) electrons. The number of hydrogen-bond acceptors (Lipinski definition) is 3. The van der Waals surface area contributed by atoms with Crippen molar-refractivity contribution in [2.24, 2.45) is 0 Å². The Morgan fingerprint density at radius 2 is 1.71 bits per heavy atom. The van der Waals surface area contributed by atoms with Gasteiger partial charge in [-0.05, 0) is 31.2 Å². The molecular formula is C14H13F2NO3S. The van der Waals surface area contributed by atoms with Crippen LogP contribution in [0.15, 0.2) is 47.4 Å². The molecule has 0 aliphatic carbocycles. The normalized spacial score (nSPS) is 11.2. The molecule has 4 nitrogen and oxygen atoms in total. The largest absolute Gasteiger partial charge is 0.492 e. The van der Waals surface area contributed by atoms with Gasteiger partial charge in [0.05, 0.1) is 17.2 Å². The van der Waals surface area contributed by atoms with E-state index in [2.05, 4.69) is 4.72 Å². The van der Waals surface area contributed by atoms with Crippen molar-refractivity contribution in [3.05, 3.63) is 54.1 Å². The monoisotopic (exact) mass is 313 g/mol. The van der Waals surface area contributed by atoms with E-state index in [1.54, 1.807) is 25.1 Å². The molecule has 1 N–H and O–H groups in total. The number of hydrogen-bond donors (Lipinski definition) is 1. The summed E-state index contributed by atoms with van der Waals surface area (Å²) in [5.41, 5.74) is 0.198. The number of benzene rings is 2. The van der Waals surface area contributed by atoms with Crippen LogP contribution in [0.3, 0.4) is 0 Å². The Bertz CT molecular complexity index is 727. The summed E-state index contributed by atoms with van der Waals surface area (Å²) in [5, 5.41) is 0. The summed E-state index contributed by atoms with van der Waals surface area (Å²) < 4.78 is 58.2. The quantitative estimate of drug-likeness (QED) is 0.922. The van der Waals surface area contributed by atoms with Crippen molar-refractivity contribution in [3.63, 3.8) is 0 Å². The highest BCUT2D eigenvalue weighted by atomic mass is 32.2. The lowest BCUT2D eigenvalue weighted by Crippen LogP contribution is -2.14. The van der Waals surface area contributed by atoms with Crippen molar-refractivity contribution in [1.82, 2.24) is 0 Å². The zero-order chi connectivity index (χ0) is 15.5. The van der Waals surface area contributed by atoms with Gasteiger partial charge >= 0.3 is 0 Å². The standard InChI is InChI=1S/C14H13F2NO3S/c1-2-20-14-6-4-3-5-13(14)17-21(18,19)12-8-10(15)7-11(16)9-12/h3-9,17H,2H2,1H3. The topological polar surface area (TPSA) is 55.4 Å². The second-order valence-electron chi connectivity index (χ2n) is 4.14. The van der Waals surface area contributed by atoms with Crippen molar-refractivity contribution in [2.75, 3.05) is 11.3 Å². The fourth-order valence-corrected chi connectivity index (χ4v) is 2.83. The Hall–Kier alpha value is -2.15. The predicted octanol–water partition coefficient (Wildman–Crippen LogP) is 3.16. The molecule has 2 aromatic carbocycles. The van der Waals surface area contributed by atoms with E-state index in [-0.39, 0.29) is 5.69 Å². The van der Waals surface area contributed by atoms with E-state index in [9.17, 15) is 17.2 Å². The van der Waals surface area contributed by atoms with Gasteiger partial charge in [-0.1, -0.05) is 12.1 Å². The van der Waals surface area contributed by atoms with Crippen LogP contribution in [0.5, 0.6) is 5.75 Å². The predicted molar refractivity (Wildman–Crippen MR) is 74.8 cm³/mol. The van der Waals surface area contributed by atoms with Crippen molar-refractivity contribution in [3.8, 4) is 5.75 Å². The highest BCUT2D eigenvalue weighted by Gasteiger charge is 2.18. The molecule has 0 atom stereocenters. The maximum absolute atomic E-state index is 13.1. The van der Waals surface area contributed by atoms with Gasteiger partial charge in [0.1, 0.15) is 17.4 Å². The number of anilines is 1. The summed E-state index contributed by atoms with van der Waals surface area (Å²) in [6, 6.07) is 8.49. The number of para-hydroxylation sites is 2. The van der Waals surface area contributed by atoms with Crippen LogP contribution in [0.2, 0.25) is 0 Å². The van der Waals surface area contributed by atoms with E-state index in [0.717, 1.165) is 12.1 Å². The first-order chi connectivity index (χ1) is 9.92. The minimum atomic E-state index is -4.11. The number of halogens is 2. The van der Waals surface area contributed by atoms with Crippen molar-refractivity contribution < 1.29 is 21.9 Å². The molecule has 0 unspecified atom stereocenters. The highest BCUT2D eigenvalue weighted by Crippen LogP contribution is 2.27. The molecule has 2 rings (SSSR count). The van der Waals surface area contributed by atoms with Crippen molar-refractivity contribution in [2.45, 2.75) is 11.8 Å². The Kier molecular flexibility index (Phi) is 4.42. The Morgan fingerprint density at radius 1 is 1.10 bits per heavy atom. The van der Waals surface area contributed by atoms with Crippen LogP contribution in [0.1, 0.15) is 6.92 Å². The maximum Gasteiger partial charge on any atom is 0.262 e. The molecule has 0 heterocycles. The molecule has 112 valence electrons. The highest BCUT2D eigenvalue weighted by molar-refractivity contribution is 7.92. The van der Waals surface area contributed by atoms with Crippen LogP contribution in [0, 0.1) is 11.6 Å². The third kappa shape index (κ3) is 3.69. The van der Waals surface area contributed by atoms with Gasteiger partial charge in [0, 0.05) is 6.07 Å². The Balaban J connectivity index is 2.37. The van der Waals surface area contributed by atoms with Crippen LogP contribution in [-0.4, -0.2) is 15.0 Å². The molecule has 0 saturated carbocycles. The smallest absolute Gasteiger partial charge is 0.262 e.